The first-order valence-electron chi connectivity index (χ1n) is 11.2. The van der Waals surface area contributed by atoms with Crippen LogP contribution in [0.2, 0.25) is 0 Å². The van der Waals surface area contributed by atoms with Crippen LogP contribution in [0.1, 0.15) is 37.8 Å². The van der Waals surface area contributed by atoms with E-state index in [9.17, 15) is 34.8 Å². The Morgan fingerprint density at radius 1 is 1.05 bits per heavy atom. The SMILES string of the molecule is CCCC(C)Oc1cccc(N(Cc2cn[nH]c2-c2ccc(C(F)(F)F)cc2)S(=O)(=O)CC(F)(F)F)c1. The number of aromatic nitrogens is 2. The molecule has 3 rings (SSSR count). The van der Waals surface area contributed by atoms with Gasteiger partial charge in [-0.2, -0.15) is 31.4 Å². The monoisotopic (exact) mass is 549 g/mol. The number of benzene rings is 2. The van der Waals surface area contributed by atoms with Crippen molar-refractivity contribution >= 4 is 15.7 Å². The van der Waals surface area contributed by atoms with Crippen LogP contribution in [0.25, 0.3) is 11.3 Å². The van der Waals surface area contributed by atoms with Crippen molar-refractivity contribution < 1.29 is 39.5 Å². The van der Waals surface area contributed by atoms with Crippen molar-refractivity contribution in [2.45, 2.75) is 51.7 Å². The van der Waals surface area contributed by atoms with E-state index < -0.39 is 40.2 Å². The molecule has 0 aliphatic rings. The Morgan fingerprint density at radius 2 is 1.73 bits per heavy atom. The summed E-state index contributed by atoms with van der Waals surface area (Å²) < 4.78 is 111. The van der Waals surface area contributed by atoms with E-state index in [0.717, 1.165) is 30.7 Å². The number of nitrogens with zero attached hydrogens (tertiary/aromatic N) is 2. The summed E-state index contributed by atoms with van der Waals surface area (Å²) in [7, 11) is -4.93. The number of anilines is 1. The van der Waals surface area contributed by atoms with Crippen LogP contribution in [0.4, 0.5) is 32.0 Å². The molecule has 0 saturated heterocycles. The highest BCUT2D eigenvalue weighted by Gasteiger charge is 2.39. The number of rotatable bonds is 10. The van der Waals surface area contributed by atoms with Crippen molar-refractivity contribution in [2.24, 2.45) is 0 Å². The molecule has 0 spiro atoms. The molecule has 1 aromatic heterocycles. The van der Waals surface area contributed by atoms with Crippen molar-refractivity contribution in [2.75, 3.05) is 10.1 Å². The second-order valence-corrected chi connectivity index (χ2v) is 10.3. The molecule has 37 heavy (non-hydrogen) atoms. The van der Waals surface area contributed by atoms with Crippen LogP contribution < -0.4 is 9.04 Å². The molecule has 13 heteroatoms. The number of alkyl halides is 6. The summed E-state index contributed by atoms with van der Waals surface area (Å²) >= 11 is 0. The lowest BCUT2D eigenvalue weighted by atomic mass is 10.1. The van der Waals surface area contributed by atoms with E-state index in [1.165, 1.54) is 24.4 Å². The molecule has 0 aliphatic heterocycles. The largest absolute Gasteiger partial charge is 0.491 e. The number of hydrogen-bond donors (Lipinski definition) is 1. The Bertz CT molecular complexity index is 1290. The smallest absolute Gasteiger partial charge is 0.416 e. The van der Waals surface area contributed by atoms with Crippen LogP contribution in [-0.4, -0.2) is 36.6 Å². The standard InChI is InChI=1S/C24H25F6N3O3S/c1-3-5-16(2)36-21-7-4-6-20(12-21)33(37(34,35)15-23(25,26)27)14-18-13-31-32-22(18)17-8-10-19(11-9-17)24(28,29)30/h4,6-13,16H,3,5,14-15H2,1-2H3,(H,31,32). The lowest BCUT2D eigenvalue weighted by Crippen LogP contribution is -2.37. The van der Waals surface area contributed by atoms with E-state index in [0.29, 0.717) is 10.7 Å². The molecule has 0 bridgehead atoms. The van der Waals surface area contributed by atoms with E-state index in [4.69, 9.17) is 4.74 Å². The molecule has 1 atom stereocenters. The first-order chi connectivity index (χ1) is 17.2. The van der Waals surface area contributed by atoms with Crippen molar-refractivity contribution in [1.29, 1.82) is 0 Å². The quantitative estimate of drug-likeness (QED) is 0.291. The van der Waals surface area contributed by atoms with Crippen molar-refractivity contribution in [3.63, 3.8) is 0 Å². The van der Waals surface area contributed by atoms with Gasteiger partial charge in [-0.1, -0.05) is 31.5 Å². The summed E-state index contributed by atoms with van der Waals surface area (Å²) in [5.74, 6) is -1.83. The van der Waals surface area contributed by atoms with E-state index in [1.54, 1.807) is 6.07 Å². The van der Waals surface area contributed by atoms with Gasteiger partial charge in [0.15, 0.2) is 5.75 Å². The molecule has 0 amide bonds. The molecular weight excluding hydrogens is 524 g/mol. The summed E-state index contributed by atoms with van der Waals surface area (Å²) in [5, 5.41) is 6.42. The molecule has 3 aromatic rings. The molecule has 0 radical (unpaired) electrons. The lowest BCUT2D eigenvalue weighted by molar-refractivity contribution is -0.137. The summed E-state index contributed by atoms with van der Waals surface area (Å²) in [4.78, 5) is 0. The predicted octanol–water partition coefficient (Wildman–Crippen LogP) is 6.56. The number of sulfonamides is 1. The van der Waals surface area contributed by atoms with Gasteiger partial charge in [-0.05, 0) is 43.2 Å². The maximum atomic E-state index is 13.2. The van der Waals surface area contributed by atoms with E-state index in [2.05, 4.69) is 10.2 Å². The molecule has 0 aliphatic carbocycles. The first-order valence-corrected chi connectivity index (χ1v) is 12.8. The van der Waals surface area contributed by atoms with Gasteiger partial charge in [0, 0.05) is 11.6 Å². The lowest BCUT2D eigenvalue weighted by Gasteiger charge is -2.26. The van der Waals surface area contributed by atoms with Gasteiger partial charge in [-0.15, -0.1) is 0 Å². The van der Waals surface area contributed by atoms with Crippen molar-refractivity contribution in [1.82, 2.24) is 10.2 Å². The molecule has 6 nitrogen and oxygen atoms in total. The highest BCUT2D eigenvalue weighted by atomic mass is 32.2. The summed E-state index contributed by atoms with van der Waals surface area (Å²) in [5.41, 5.74) is -0.369. The van der Waals surface area contributed by atoms with Gasteiger partial charge in [0.1, 0.15) is 5.75 Å². The zero-order valence-corrected chi connectivity index (χ0v) is 20.7. The average molecular weight is 550 g/mol. The molecule has 0 fully saturated rings. The van der Waals surface area contributed by atoms with E-state index in [1.807, 2.05) is 13.8 Å². The maximum absolute atomic E-state index is 13.2. The predicted molar refractivity (Wildman–Crippen MR) is 126 cm³/mol. The third-order valence-corrected chi connectivity index (χ3v) is 7.06. The number of halogens is 6. The van der Waals surface area contributed by atoms with Gasteiger partial charge < -0.3 is 4.74 Å². The minimum absolute atomic E-state index is 0.0648. The topological polar surface area (TPSA) is 75.3 Å². The van der Waals surface area contributed by atoms with Gasteiger partial charge in [0.05, 0.1) is 35.8 Å². The Balaban J connectivity index is 2.00. The fourth-order valence-electron chi connectivity index (χ4n) is 3.71. The fraction of sp³-hybridized carbons (Fsp3) is 0.375. The summed E-state index contributed by atoms with van der Waals surface area (Å²) in [6.45, 7) is 3.22. The minimum Gasteiger partial charge on any atom is -0.491 e. The Morgan fingerprint density at radius 3 is 2.32 bits per heavy atom. The molecule has 202 valence electrons. The summed E-state index contributed by atoms with van der Waals surface area (Å²) in [6.07, 6.45) is -7.01. The molecule has 2 aromatic carbocycles. The molecule has 1 N–H and O–H groups in total. The van der Waals surface area contributed by atoms with Crippen LogP contribution >= 0.6 is 0 Å². The zero-order chi connectivity index (χ0) is 27.4. The van der Waals surface area contributed by atoms with Gasteiger partial charge in [-0.25, -0.2) is 8.42 Å². The normalized spacial score (nSPS) is 13.4. The highest BCUT2D eigenvalue weighted by molar-refractivity contribution is 7.92. The third kappa shape index (κ3) is 7.63. The molecular formula is C24H25F6N3O3S. The first kappa shape index (κ1) is 28.4. The van der Waals surface area contributed by atoms with Crippen molar-refractivity contribution in [3.8, 4) is 17.0 Å². The molecule has 1 unspecified atom stereocenters. The highest BCUT2D eigenvalue weighted by Crippen LogP contribution is 2.33. The number of aromatic amines is 1. The zero-order valence-electron chi connectivity index (χ0n) is 19.9. The van der Waals surface area contributed by atoms with Crippen LogP contribution in [0.5, 0.6) is 5.75 Å². The Kier molecular flexibility index (Phi) is 8.45. The van der Waals surface area contributed by atoms with Crippen LogP contribution in [0.3, 0.4) is 0 Å². The van der Waals surface area contributed by atoms with E-state index in [-0.39, 0.29) is 34.4 Å². The van der Waals surface area contributed by atoms with E-state index >= 15 is 0 Å². The van der Waals surface area contributed by atoms with Crippen molar-refractivity contribution in [3.05, 3.63) is 65.9 Å². The van der Waals surface area contributed by atoms with Gasteiger partial charge >= 0.3 is 12.4 Å². The fourth-order valence-corrected chi connectivity index (χ4v) is 5.05. The summed E-state index contributed by atoms with van der Waals surface area (Å²) in [6, 6.07) is 9.71. The second kappa shape index (κ2) is 11.0. The minimum atomic E-state index is -5.01. The second-order valence-electron chi connectivity index (χ2n) is 8.44. The maximum Gasteiger partial charge on any atom is 0.416 e. The number of ether oxygens (including phenoxy) is 1. The molecule has 1 heterocycles. The van der Waals surface area contributed by atoms with Crippen LogP contribution in [0.15, 0.2) is 54.7 Å². The van der Waals surface area contributed by atoms with Gasteiger partial charge in [-0.3, -0.25) is 9.40 Å². The number of hydrogen-bond acceptors (Lipinski definition) is 4. The van der Waals surface area contributed by atoms with Gasteiger partial charge in [0.25, 0.3) is 0 Å². The average Bonchev–Trinajstić information content (AvgIpc) is 3.24. The Hall–Kier alpha value is -3.22. The number of nitrogens with one attached hydrogen (secondary N) is 1. The van der Waals surface area contributed by atoms with Crippen LogP contribution in [0, 0.1) is 0 Å². The van der Waals surface area contributed by atoms with Gasteiger partial charge in [0.2, 0.25) is 10.0 Å². The number of H-pyrrole nitrogens is 1. The molecule has 0 saturated carbocycles. The Labute approximate surface area is 210 Å². The third-order valence-electron chi connectivity index (χ3n) is 5.35. The van der Waals surface area contributed by atoms with Crippen LogP contribution in [-0.2, 0) is 22.7 Å².